The van der Waals surface area contributed by atoms with Crippen molar-refractivity contribution in [3.8, 4) is 0 Å². The molecule has 0 aromatic carbocycles. The molecule has 0 bridgehead atoms. The minimum Gasteiger partial charge on any atom is -0.458 e. The molecule has 4 heteroatoms. The van der Waals surface area contributed by atoms with Crippen LogP contribution < -0.4 is 0 Å². The number of esters is 1. The number of ketones is 1. The quantitative estimate of drug-likeness (QED) is 0.564. The molecule has 3 nitrogen and oxygen atoms in total. The number of carbonyl (C=O) groups is 2. The summed E-state index contributed by atoms with van der Waals surface area (Å²) in [7, 11) is 0. The standard InChI is InChI=1S/C25H29FO3/c1-22-5-3-13(27)9-18(22)24(7-8-24)11-15-20-14-10-16(14)25(6-4-19(28)29-25)23(20,2)12-17(26)21(15)22/h3,5,9,14-17,20-21H,4,6-8,10-12H2,1-2H3/t14?,15?,16?,17-,20?,21?,22-,23-,25-/m0/s1. The summed E-state index contributed by atoms with van der Waals surface area (Å²) in [5.41, 5.74) is 0.328. The van der Waals surface area contributed by atoms with Crippen LogP contribution in [0.5, 0.6) is 0 Å². The Morgan fingerprint density at radius 1 is 1.07 bits per heavy atom. The van der Waals surface area contributed by atoms with E-state index in [0.29, 0.717) is 36.5 Å². The molecule has 1 heterocycles. The number of allylic oxidation sites excluding steroid dienone is 4. The number of hydrogen-bond donors (Lipinski definition) is 0. The summed E-state index contributed by atoms with van der Waals surface area (Å²) in [5, 5.41) is 0. The first-order valence-electron chi connectivity index (χ1n) is 11.6. The van der Waals surface area contributed by atoms with Gasteiger partial charge in [-0.1, -0.05) is 25.5 Å². The van der Waals surface area contributed by atoms with Gasteiger partial charge < -0.3 is 4.74 Å². The fourth-order valence-corrected chi connectivity index (χ4v) is 9.67. The third-order valence-electron chi connectivity index (χ3n) is 10.7. The molecule has 7 aliphatic rings. The highest BCUT2D eigenvalue weighted by Gasteiger charge is 2.81. The summed E-state index contributed by atoms with van der Waals surface area (Å²) in [5.74, 6) is 1.72. The normalized spacial score (nSPS) is 57.7. The van der Waals surface area contributed by atoms with Crippen LogP contribution in [-0.2, 0) is 14.3 Å². The Bertz CT molecular complexity index is 930. The molecule has 1 aliphatic heterocycles. The van der Waals surface area contributed by atoms with Gasteiger partial charge in [0.25, 0.3) is 0 Å². The fourth-order valence-electron chi connectivity index (χ4n) is 9.67. The average Bonchev–Trinajstić information content (AvgIpc) is 3.55. The van der Waals surface area contributed by atoms with E-state index in [1.165, 1.54) is 5.57 Å². The Kier molecular flexibility index (Phi) is 2.81. The van der Waals surface area contributed by atoms with Crippen molar-refractivity contribution < 1.29 is 18.7 Å². The fraction of sp³-hybridized carbons (Fsp3) is 0.760. The maximum absolute atomic E-state index is 16.2. The highest BCUT2D eigenvalue weighted by atomic mass is 19.1. The van der Waals surface area contributed by atoms with Gasteiger partial charge in [0.15, 0.2) is 5.78 Å². The van der Waals surface area contributed by atoms with E-state index in [2.05, 4.69) is 13.8 Å². The smallest absolute Gasteiger partial charge is 0.306 e. The van der Waals surface area contributed by atoms with Gasteiger partial charge in [0.05, 0.1) is 0 Å². The topological polar surface area (TPSA) is 43.4 Å². The van der Waals surface area contributed by atoms with Crippen LogP contribution >= 0.6 is 0 Å². The summed E-state index contributed by atoms with van der Waals surface area (Å²) in [6, 6.07) is 0. The maximum Gasteiger partial charge on any atom is 0.306 e. The summed E-state index contributed by atoms with van der Waals surface area (Å²) in [6.07, 6.45) is 10.9. The predicted octanol–water partition coefficient (Wildman–Crippen LogP) is 4.56. The van der Waals surface area contributed by atoms with E-state index in [-0.39, 0.29) is 33.9 Å². The molecule has 6 fully saturated rings. The molecule has 0 amide bonds. The lowest BCUT2D eigenvalue weighted by Gasteiger charge is -2.62. The zero-order valence-corrected chi connectivity index (χ0v) is 17.2. The van der Waals surface area contributed by atoms with E-state index >= 15 is 4.39 Å². The zero-order chi connectivity index (χ0) is 20.0. The molecule has 9 atom stereocenters. The van der Waals surface area contributed by atoms with Crippen LogP contribution in [0.15, 0.2) is 23.8 Å². The summed E-state index contributed by atoms with van der Waals surface area (Å²) < 4.78 is 22.3. The van der Waals surface area contributed by atoms with E-state index in [0.717, 1.165) is 32.1 Å². The first-order chi connectivity index (χ1) is 13.7. The third kappa shape index (κ3) is 1.75. The second-order valence-electron chi connectivity index (χ2n) is 11.8. The largest absolute Gasteiger partial charge is 0.458 e. The Labute approximate surface area is 171 Å². The van der Waals surface area contributed by atoms with Gasteiger partial charge in [-0.2, -0.15) is 0 Å². The van der Waals surface area contributed by atoms with Crippen molar-refractivity contribution in [3.05, 3.63) is 23.8 Å². The van der Waals surface area contributed by atoms with Crippen molar-refractivity contribution in [2.45, 2.75) is 70.6 Å². The van der Waals surface area contributed by atoms with E-state index in [1.807, 2.05) is 12.2 Å². The minimum atomic E-state index is -0.919. The molecular weight excluding hydrogens is 367 g/mol. The highest BCUT2D eigenvalue weighted by molar-refractivity contribution is 6.01. The van der Waals surface area contributed by atoms with Gasteiger partial charge >= 0.3 is 5.97 Å². The Morgan fingerprint density at radius 3 is 2.55 bits per heavy atom. The SMILES string of the molecule is C[C@]12C=CC(=O)C=C1C1(CC1)CC1C2[C@@H](F)C[C@@]2(C)C1C1CC1[C@@]21CCC(=O)O1. The van der Waals surface area contributed by atoms with Gasteiger partial charge in [0.2, 0.25) is 0 Å². The molecular formula is C25H29FO3. The van der Waals surface area contributed by atoms with Crippen LogP contribution in [0.4, 0.5) is 4.39 Å². The molecule has 29 heavy (non-hydrogen) atoms. The Hall–Kier alpha value is -1.45. The molecule has 5 unspecified atom stereocenters. The van der Waals surface area contributed by atoms with Gasteiger partial charge in [0, 0.05) is 29.1 Å². The van der Waals surface area contributed by atoms with Gasteiger partial charge in [-0.15, -0.1) is 0 Å². The van der Waals surface area contributed by atoms with E-state index in [9.17, 15) is 9.59 Å². The second kappa shape index (κ2) is 4.73. The molecule has 0 aromatic rings. The Balaban J connectivity index is 1.37. The molecule has 7 rings (SSSR count). The number of ether oxygens (including phenoxy) is 1. The van der Waals surface area contributed by atoms with Crippen LogP contribution in [-0.4, -0.2) is 23.5 Å². The molecule has 6 aliphatic carbocycles. The summed E-state index contributed by atoms with van der Waals surface area (Å²) >= 11 is 0. The number of halogens is 1. The monoisotopic (exact) mass is 396 g/mol. The van der Waals surface area contributed by atoms with E-state index < -0.39 is 11.8 Å². The number of carbonyl (C=O) groups excluding carboxylic acids is 2. The van der Waals surface area contributed by atoms with Crippen LogP contribution in [0, 0.1) is 45.8 Å². The van der Waals surface area contributed by atoms with Crippen LogP contribution in [0.25, 0.3) is 0 Å². The van der Waals surface area contributed by atoms with Crippen molar-refractivity contribution in [1.82, 2.24) is 0 Å². The van der Waals surface area contributed by atoms with Crippen LogP contribution in [0.2, 0.25) is 0 Å². The lowest BCUT2D eigenvalue weighted by Crippen LogP contribution is -2.61. The predicted molar refractivity (Wildman–Crippen MR) is 104 cm³/mol. The Morgan fingerprint density at radius 2 is 1.86 bits per heavy atom. The minimum absolute atomic E-state index is 0.0593. The lowest BCUT2D eigenvalue weighted by atomic mass is 9.43. The molecule has 0 radical (unpaired) electrons. The zero-order valence-electron chi connectivity index (χ0n) is 17.2. The summed E-state index contributed by atoms with van der Waals surface area (Å²) in [6.45, 7) is 4.44. The second-order valence-corrected chi connectivity index (χ2v) is 11.8. The summed E-state index contributed by atoms with van der Waals surface area (Å²) in [4.78, 5) is 24.4. The van der Waals surface area contributed by atoms with Gasteiger partial charge in [-0.05, 0) is 73.8 Å². The molecule has 5 saturated carbocycles. The molecule has 154 valence electrons. The van der Waals surface area contributed by atoms with Crippen molar-refractivity contribution in [3.63, 3.8) is 0 Å². The van der Waals surface area contributed by atoms with Gasteiger partial charge in [-0.3, -0.25) is 9.59 Å². The number of alkyl halides is 1. The van der Waals surface area contributed by atoms with Crippen LogP contribution in [0.3, 0.4) is 0 Å². The van der Waals surface area contributed by atoms with E-state index in [4.69, 9.17) is 4.74 Å². The van der Waals surface area contributed by atoms with Gasteiger partial charge in [0.1, 0.15) is 11.8 Å². The number of hydrogen-bond acceptors (Lipinski definition) is 3. The molecule has 0 N–H and O–H groups in total. The van der Waals surface area contributed by atoms with Crippen LogP contribution in [0.1, 0.15) is 58.8 Å². The average molecular weight is 397 g/mol. The first kappa shape index (κ1) is 17.3. The van der Waals surface area contributed by atoms with Crippen molar-refractivity contribution in [1.29, 1.82) is 0 Å². The van der Waals surface area contributed by atoms with Crippen molar-refractivity contribution >= 4 is 11.8 Å². The molecule has 0 aromatic heterocycles. The highest BCUT2D eigenvalue weighted by Crippen LogP contribution is 2.81. The maximum atomic E-state index is 16.2. The molecule has 1 saturated heterocycles. The van der Waals surface area contributed by atoms with Crippen molar-refractivity contribution in [2.75, 3.05) is 0 Å². The number of fused-ring (bicyclic) bond motifs is 10. The lowest BCUT2D eigenvalue weighted by molar-refractivity contribution is -0.186. The molecule has 2 spiro atoms. The van der Waals surface area contributed by atoms with E-state index in [1.54, 1.807) is 6.08 Å². The van der Waals surface area contributed by atoms with Crippen molar-refractivity contribution in [2.24, 2.45) is 45.8 Å². The number of rotatable bonds is 0. The van der Waals surface area contributed by atoms with Gasteiger partial charge in [-0.25, -0.2) is 4.39 Å². The third-order valence-corrected chi connectivity index (χ3v) is 10.7. The first-order valence-corrected chi connectivity index (χ1v) is 11.6.